The van der Waals surface area contributed by atoms with Gasteiger partial charge in [-0.15, -0.1) is 0 Å². The maximum atomic E-state index is 12.5. The van der Waals surface area contributed by atoms with Crippen molar-refractivity contribution in [1.29, 1.82) is 0 Å². The first-order valence-electron chi connectivity index (χ1n) is 7.02. The second kappa shape index (κ2) is 6.75. The summed E-state index contributed by atoms with van der Waals surface area (Å²) in [6, 6.07) is 11.9. The second-order valence-electron chi connectivity index (χ2n) is 5.09. The lowest BCUT2D eigenvalue weighted by Gasteiger charge is -2.06. The van der Waals surface area contributed by atoms with Crippen LogP contribution in [0.2, 0.25) is 5.28 Å². The minimum absolute atomic E-state index is 0.0640. The van der Waals surface area contributed by atoms with Gasteiger partial charge in [0.1, 0.15) is 0 Å². The number of benzene rings is 2. The largest absolute Gasteiger partial charge is 0.465 e. The van der Waals surface area contributed by atoms with Crippen LogP contribution < -0.4 is 0 Å². The van der Waals surface area contributed by atoms with Gasteiger partial charge in [0.2, 0.25) is 5.28 Å². The zero-order valence-electron chi connectivity index (χ0n) is 12.6. The Morgan fingerprint density at radius 3 is 2.50 bits per heavy atom. The van der Waals surface area contributed by atoms with Gasteiger partial charge in [0.25, 0.3) is 0 Å². The molecule has 0 saturated heterocycles. The van der Waals surface area contributed by atoms with Crippen LogP contribution in [0.4, 0.5) is 0 Å². The molecule has 0 aliphatic heterocycles. The first-order chi connectivity index (χ1) is 11.5. The average Bonchev–Trinajstić information content (AvgIpc) is 2.89. The number of rotatable bonds is 4. The van der Waals surface area contributed by atoms with Crippen molar-refractivity contribution >= 4 is 50.3 Å². The minimum Gasteiger partial charge on any atom is -0.465 e. The normalized spacial score (nSPS) is 10.8. The van der Waals surface area contributed by atoms with Crippen LogP contribution in [0.25, 0.3) is 11.0 Å². The van der Waals surface area contributed by atoms with Crippen LogP contribution >= 0.6 is 27.5 Å². The van der Waals surface area contributed by atoms with Gasteiger partial charge in [-0.25, -0.2) is 9.78 Å². The number of fused-ring (bicyclic) bond motifs is 1. The quantitative estimate of drug-likeness (QED) is 0.482. The molecule has 7 heteroatoms. The standard InChI is InChI=1S/C17H12BrClN2O3/c1-24-16(23)11-4-2-10(3-5-11)15(22)9-21-14-7-6-12(18)8-13(14)20-17(21)19/h2-8H,9H2,1H3. The number of halogens is 2. The highest BCUT2D eigenvalue weighted by molar-refractivity contribution is 9.10. The predicted molar refractivity (Wildman–Crippen MR) is 94.6 cm³/mol. The lowest BCUT2D eigenvalue weighted by Crippen LogP contribution is -2.11. The molecule has 1 aromatic heterocycles. The molecule has 24 heavy (non-hydrogen) atoms. The fourth-order valence-corrected chi connectivity index (χ4v) is 2.96. The van der Waals surface area contributed by atoms with Crippen LogP contribution in [-0.4, -0.2) is 28.4 Å². The van der Waals surface area contributed by atoms with Gasteiger partial charge in [0.05, 0.1) is 30.3 Å². The summed E-state index contributed by atoms with van der Waals surface area (Å²) in [5, 5.41) is 0.252. The molecule has 0 saturated carbocycles. The third-order valence-electron chi connectivity index (χ3n) is 3.59. The van der Waals surface area contributed by atoms with Gasteiger partial charge < -0.3 is 9.30 Å². The first kappa shape index (κ1) is 16.7. The molecule has 0 atom stereocenters. The van der Waals surface area contributed by atoms with Crippen molar-refractivity contribution < 1.29 is 14.3 Å². The molecule has 0 spiro atoms. The van der Waals surface area contributed by atoms with E-state index in [2.05, 4.69) is 25.7 Å². The van der Waals surface area contributed by atoms with Gasteiger partial charge in [0, 0.05) is 10.0 Å². The smallest absolute Gasteiger partial charge is 0.337 e. The van der Waals surface area contributed by atoms with E-state index in [1.54, 1.807) is 28.8 Å². The second-order valence-corrected chi connectivity index (χ2v) is 6.35. The molecule has 3 aromatic rings. The molecule has 0 N–H and O–H groups in total. The number of aromatic nitrogens is 2. The third-order valence-corrected chi connectivity index (χ3v) is 4.38. The fourth-order valence-electron chi connectivity index (χ4n) is 2.37. The SMILES string of the molecule is COC(=O)c1ccc(C(=O)Cn2c(Cl)nc3cc(Br)ccc32)cc1. The Balaban J connectivity index is 1.87. The Bertz CT molecular complexity index is 935. The highest BCUT2D eigenvalue weighted by Gasteiger charge is 2.14. The highest BCUT2D eigenvalue weighted by atomic mass is 79.9. The lowest BCUT2D eigenvalue weighted by molar-refractivity contribution is 0.0600. The zero-order chi connectivity index (χ0) is 17.3. The van der Waals surface area contributed by atoms with Crippen LogP contribution in [-0.2, 0) is 11.3 Å². The summed E-state index contributed by atoms with van der Waals surface area (Å²) in [4.78, 5) is 28.2. The van der Waals surface area contributed by atoms with E-state index in [9.17, 15) is 9.59 Å². The minimum atomic E-state index is -0.441. The molecule has 0 fully saturated rings. The number of imidazole rings is 1. The summed E-state index contributed by atoms with van der Waals surface area (Å²) < 4.78 is 7.18. The third kappa shape index (κ3) is 3.20. The van der Waals surface area contributed by atoms with E-state index >= 15 is 0 Å². The van der Waals surface area contributed by atoms with E-state index < -0.39 is 5.97 Å². The van der Waals surface area contributed by atoms with Crippen molar-refractivity contribution in [2.24, 2.45) is 0 Å². The number of hydrogen-bond acceptors (Lipinski definition) is 4. The van der Waals surface area contributed by atoms with Gasteiger partial charge in [-0.3, -0.25) is 4.79 Å². The summed E-state index contributed by atoms with van der Waals surface area (Å²) in [7, 11) is 1.31. The van der Waals surface area contributed by atoms with Crippen LogP contribution in [0.5, 0.6) is 0 Å². The topological polar surface area (TPSA) is 61.2 Å². The molecule has 3 rings (SSSR count). The number of nitrogens with zero attached hydrogens (tertiary/aromatic N) is 2. The number of hydrogen-bond donors (Lipinski definition) is 0. The molecule has 1 heterocycles. The predicted octanol–water partition coefficient (Wildman–Crippen LogP) is 4.12. The van der Waals surface area contributed by atoms with Gasteiger partial charge in [-0.2, -0.15) is 0 Å². The van der Waals surface area contributed by atoms with E-state index in [1.165, 1.54) is 7.11 Å². The molecule has 5 nitrogen and oxygen atoms in total. The summed E-state index contributed by atoms with van der Waals surface area (Å²) in [5.41, 5.74) is 2.37. The summed E-state index contributed by atoms with van der Waals surface area (Å²) in [6.07, 6.45) is 0. The lowest BCUT2D eigenvalue weighted by atomic mass is 10.1. The van der Waals surface area contributed by atoms with Gasteiger partial charge in [-0.1, -0.05) is 28.1 Å². The Kier molecular flexibility index (Phi) is 4.69. The number of ether oxygens (including phenoxy) is 1. The summed E-state index contributed by atoms with van der Waals surface area (Å²) >= 11 is 9.54. The van der Waals surface area contributed by atoms with Crippen molar-refractivity contribution in [3.63, 3.8) is 0 Å². The molecule has 122 valence electrons. The summed E-state index contributed by atoms with van der Waals surface area (Å²) in [6.45, 7) is 0.0640. The number of Topliss-reactive ketones (excluding diaryl/α,β-unsaturated/α-hetero) is 1. The number of ketones is 1. The highest BCUT2D eigenvalue weighted by Crippen LogP contribution is 2.23. The van der Waals surface area contributed by atoms with Crippen molar-refractivity contribution in [2.75, 3.05) is 7.11 Å². The summed E-state index contributed by atoms with van der Waals surface area (Å²) in [5.74, 6) is -0.571. The average molecular weight is 408 g/mol. The molecule has 0 bridgehead atoms. The molecule has 0 aliphatic rings. The van der Waals surface area contributed by atoms with E-state index in [-0.39, 0.29) is 17.6 Å². The van der Waals surface area contributed by atoms with Gasteiger partial charge in [0.15, 0.2) is 5.78 Å². The van der Waals surface area contributed by atoms with E-state index in [0.29, 0.717) is 16.6 Å². The molecule has 2 aromatic carbocycles. The van der Waals surface area contributed by atoms with Crippen LogP contribution in [0.1, 0.15) is 20.7 Å². The molecule has 0 unspecified atom stereocenters. The maximum Gasteiger partial charge on any atom is 0.337 e. The van der Waals surface area contributed by atoms with Crippen molar-refractivity contribution in [3.05, 3.63) is 63.3 Å². The molecule has 0 amide bonds. The Hall–Kier alpha value is -2.18. The first-order valence-corrected chi connectivity index (χ1v) is 8.19. The van der Waals surface area contributed by atoms with Crippen LogP contribution in [0.3, 0.4) is 0 Å². The Morgan fingerprint density at radius 2 is 1.83 bits per heavy atom. The van der Waals surface area contributed by atoms with Gasteiger partial charge >= 0.3 is 5.97 Å². The van der Waals surface area contributed by atoms with Crippen LogP contribution in [0, 0.1) is 0 Å². The monoisotopic (exact) mass is 406 g/mol. The molecular formula is C17H12BrClN2O3. The van der Waals surface area contributed by atoms with E-state index in [0.717, 1.165) is 9.99 Å². The number of carbonyl (C=O) groups is 2. The molecule has 0 radical (unpaired) electrons. The van der Waals surface area contributed by atoms with E-state index in [1.807, 2.05) is 18.2 Å². The number of esters is 1. The zero-order valence-corrected chi connectivity index (χ0v) is 15.0. The van der Waals surface area contributed by atoms with Gasteiger partial charge in [-0.05, 0) is 41.9 Å². The Morgan fingerprint density at radius 1 is 1.17 bits per heavy atom. The van der Waals surface area contributed by atoms with Crippen molar-refractivity contribution in [3.8, 4) is 0 Å². The maximum absolute atomic E-state index is 12.5. The molecular weight excluding hydrogens is 396 g/mol. The fraction of sp³-hybridized carbons (Fsp3) is 0.118. The van der Waals surface area contributed by atoms with Crippen molar-refractivity contribution in [2.45, 2.75) is 6.54 Å². The molecule has 0 aliphatic carbocycles. The van der Waals surface area contributed by atoms with Crippen molar-refractivity contribution in [1.82, 2.24) is 9.55 Å². The number of methoxy groups -OCH3 is 1. The van der Waals surface area contributed by atoms with Crippen LogP contribution in [0.15, 0.2) is 46.9 Å². The number of carbonyl (C=O) groups excluding carboxylic acids is 2. The Labute approximate surface area is 151 Å². The van der Waals surface area contributed by atoms with E-state index in [4.69, 9.17) is 11.6 Å².